The maximum absolute atomic E-state index is 13.0. The lowest BCUT2D eigenvalue weighted by Gasteiger charge is -2.23. The van der Waals surface area contributed by atoms with Crippen LogP contribution in [-0.4, -0.2) is 68.4 Å². The van der Waals surface area contributed by atoms with Crippen LogP contribution in [0.1, 0.15) is 23.2 Å². The molecule has 2 saturated heterocycles. The van der Waals surface area contributed by atoms with Crippen LogP contribution in [0.4, 0.5) is 18.9 Å². The van der Waals surface area contributed by atoms with Crippen molar-refractivity contribution in [3.05, 3.63) is 42.5 Å². The Labute approximate surface area is 175 Å². The van der Waals surface area contributed by atoms with Gasteiger partial charge in [0.25, 0.3) is 5.91 Å². The highest BCUT2D eigenvalue weighted by Crippen LogP contribution is 2.42. The second-order valence-corrected chi connectivity index (χ2v) is 7.37. The minimum atomic E-state index is -5.08. The number of hydrogen-bond acceptors (Lipinski definition) is 5. The van der Waals surface area contributed by atoms with Gasteiger partial charge >= 0.3 is 12.1 Å². The first-order valence-electron chi connectivity index (χ1n) is 9.33. The topological polar surface area (TPSA) is 109 Å². The van der Waals surface area contributed by atoms with Crippen LogP contribution in [0.25, 0.3) is 0 Å². The molecule has 2 aliphatic rings. The van der Waals surface area contributed by atoms with Crippen LogP contribution < -0.4 is 4.90 Å². The number of carbonyl (C=O) groups excluding carboxylic acids is 2. The van der Waals surface area contributed by atoms with Gasteiger partial charge in [0.15, 0.2) is 0 Å². The Morgan fingerprint density at radius 1 is 1.16 bits per heavy atom. The van der Waals surface area contributed by atoms with E-state index in [2.05, 4.69) is 10.1 Å². The fraction of sp³-hybridized carbons (Fsp3) is 0.421. The van der Waals surface area contributed by atoms with Crippen LogP contribution in [0.2, 0.25) is 0 Å². The molecule has 1 spiro atoms. The predicted molar refractivity (Wildman–Crippen MR) is 101 cm³/mol. The molecule has 1 unspecified atom stereocenters. The van der Waals surface area contributed by atoms with E-state index in [0.717, 1.165) is 18.5 Å². The molecule has 4 heterocycles. The first-order valence-corrected chi connectivity index (χ1v) is 9.33. The molecule has 0 radical (unpaired) electrons. The molecule has 31 heavy (non-hydrogen) atoms. The number of anilines is 1. The zero-order valence-corrected chi connectivity index (χ0v) is 16.5. The first-order chi connectivity index (χ1) is 14.5. The van der Waals surface area contributed by atoms with Gasteiger partial charge in [0.1, 0.15) is 0 Å². The summed E-state index contributed by atoms with van der Waals surface area (Å²) in [5.74, 6) is -2.67. The largest absolute Gasteiger partial charge is 0.490 e. The molecule has 0 bridgehead atoms. The van der Waals surface area contributed by atoms with E-state index in [1.165, 1.54) is 0 Å². The molecule has 1 atom stereocenters. The Balaban J connectivity index is 0.000000339. The number of aromatic nitrogens is 3. The molecule has 1 N–H and O–H groups in total. The predicted octanol–water partition coefficient (Wildman–Crippen LogP) is 1.72. The minimum absolute atomic E-state index is 0.0260. The highest BCUT2D eigenvalue weighted by molar-refractivity contribution is 6.01. The van der Waals surface area contributed by atoms with Crippen LogP contribution in [-0.2, 0) is 16.6 Å². The number of nitrogens with zero attached hydrogens (tertiary/aromatic N) is 5. The van der Waals surface area contributed by atoms with Gasteiger partial charge in [-0.05, 0) is 25.0 Å². The van der Waals surface area contributed by atoms with Gasteiger partial charge in [0.05, 0.1) is 17.3 Å². The van der Waals surface area contributed by atoms with Gasteiger partial charge in [-0.1, -0.05) is 0 Å². The highest BCUT2D eigenvalue weighted by Gasteiger charge is 2.52. The molecule has 166 valence electrons. The number of rotatable bonds is 2. The van der Waals surface area contributed by atoms with Crippen LogP contribution in [0.5, 0.6) is 0 Å². The molecular formula is C19H20F3N5O4. The first kappa shape index (κ1) is 22.2. The summed E-state index contributed by atoms with van der Waals surface area (Å²) < 4.78 is 33.4. The summed E-state index contributed by atoms with van der Waals surface area (Å²) in [6, 6.07) is 3.43. The lowest BCUT2D eigenvalue weighted by atomic mass is 9.85. The third kappa shape index (κ3) is 4.67. The number of likely N-dealkylation sites (tertiary alicyclic amines) is 1. The van der Waals surface area contributed by atoms with Crippen molar-refractivity contribution in [1.82, 2.24) is 19.7 Å². The number of carboxylic acids is 1. The van der Waals surface area contributed by atoms with Crippen LogP contribution in [0.15, 0.2) is 36.9 Å². The Morgan fingerprint density at radius 2 is 1.77 bits per heavy atom. The second kappa shape index (κ2) is 8.36. The number of aryl methyl sites for hydroxylation is 1. The maximum atomic E-state index is 13.0. The van der Waals surface area contributed by atoms with Crippen molar-refractivity contribution in [1.29, 1.82) is 0 Å². The van der Waals surface area contributed by atoms with Crippen LogP contribution in [0.3, 0.4) is 0 Å². The Bertz CT molecular complexity index is 978. The third-order valence-corrected chi connectivity index (χ3v) is 5.33. The molecule has 0 saturated carbocycles. The van der Waals surface area contributed by atoms with Gasteiger partial charge in [0.2, 0.25) is 5.91 Å². The van der Waals surface area contributed by atoms with Gasteiger partial charge in [-0.2, -0.15) is 18.3 Å². The van der Waals surface area contributed by atoms with Crippen LogP contribution in [0, 0.1) is 5.41 Å². The van der Waals surface area contributed by atoms with Gasteiger partial charge < -0.3 is 14.9 Å². The monoisotopic (exact) mass is 439 g/mol. The summed E-state index contributed by atoms with van der Waals surface area (Å²) in [4.78, 5) is 42.0. The van der Waals surface area contributed by atoms with Crippen molar-refractivity contribution >= 4 is 23.5 Å². The van der Waals surface area contributed by atoms with E-state index >= 15 is 0 Å². The molecular weight excluding hydrogens is 419 g/mol. The number of aliphatic carboxylic acids is 1. The second-order valence-electron chi connectivity index (χ2n) is 7.37. The molecule has 2 aliphatic heterocycles. The summed E-state index contributed by atoms with van der Waals surface area (Å²) in [7, 11) is 1.84. The highest BCUT2D eigenvalue weighted by atomic mass is 19.4. The number of alkyl halides is 3. The number of hydrogen-bond donors (Lipinski definition) is 1. The molecule has 2 aromatic rings. The molecule has 2 aromatic heterocycles. The number of carboxylic acid groups (broad SMARTS) is 1. The summed E-state index contributed by atoms with van der Waals surface area (Å²) in [5.41, 5.74) is 1.01. The average Bonchev–Trinajstić information content (AvgIpc) is 3.43. The molecule has 0 aliphatic carbocycles. The molecule has 2 amide bonds. The zero-order valence-electron chi connectivity index (χ0n) is 16.5. The fourth-order valence-electron chi connectivity index (χ4n) is 3.72. The number of halogens is 3. The SMILES string of the molecule is Cn1cc(N2CCC3(CCN(C(=O)c4ccncc4)C3)C2=O)cn1.O=C(O)C(F)(F)F. The molecule has 4 rings (SSSR count). The van der Waals surface area contributed by atoms with Gasteiger partial charge in [-0.15, -0.1) is 0 Å². The third-order valence-electron chi connectivity index (χ3n) is 5.33. The van der Waals surface area contributed by atoms with Gasteiger partial charge in [0, 0.05) is 50.8 Å². The van der Waals surface area contributed by atoms with E-state index in [9.17, 15) is 22.8 Å². The molecule has 2 fully saturated rings. The van der Waals surface area contributed by atoms with E-state index in [0.29, 0.717) is 25.2 Å². The van der Waals surface area contributed by atoms with Crippen molar-refractivity contribution < 1.29 is 32.7 Å². The minimum Gasteiger partial charge on any atom is -0.475 e. The zero-order chi connectivity index (χ0) is 22.8. The molecule has 0 aromatic carbocycles. The summed E-state index contributed by atoms with van der Waals surface area (Å²) in [5, 5.41) is 11.3. The van der Waals surface area contributed by atoms with E-state index in [1.807, 2.05) is 13.2 Å². The summed E-state index contributed by atoms with van der Waals surface area (Å²) in [6.45, 7) is 1.79. The van der Waals surface area contributed by atoms with Crippen molar-refractivity contribution in [2.24, 2.45) is 12.5 Å². The van der Waals surface area contributed by atoms with Crippen LogP contribution >= 0.6 is 0 Å². The normalized spacial score (nSPS) is 20.7. The van der Waals surface area contributed by atoms with E-state index < -0.39 is 17.6 Å². The van der Waals surface area contributed by atoms with Crippen molar-refractivity contribution in [3.8, 4) is 0 Å². The van der Waals surface area contributed by atoms with Crippen molar-refractivity contribution in [3.63, 3.8) is 0 Å². The van der Waals surface area contributed by atoms with E-state index in [1.54, 1.807) is 45.2 Å². The Morgan fingerprint density at radius 3 is 2.32 bits per heavy atom. The average molecular weight is 439 g/mol. The summed E-state index contributed by atoms with van der Waals surface area (Å²) in [6.07, 6.45) is 3.21. The number of pyridine rings is 1. The van der Waals surface area contributed by atoms with Gasteiger partial charge in [-0.25, -0.2) is 4.79 Å². The summed E-state index contributed by atoms with van der Waals surface area (Å²) >= 11 is 0. The number of carbonyl (C=O) groups is 3. The standard InChI is InChI=1S/C17H19N5O2.C2HF3O2/c1-20-11-14(10-19-20)22-9-5-17(16(22)24)4-8-21(12-17)15(23)13-2-6-18-7-3-13;3-2(4,5)1(6)7/h2-3,6-7,10-11H,4-5,8-9,12H2,1H3;(H,6,7). The fourth-order valence-corrected chi connectivity index (χ4v) is 3.72. The Hall–Kier alpha value is -3.44. The van der Waals surface area contributed by atoms with Crippen molar-refractivity contribution in [2.45, 2.75) is 19.0 Å². The quantitative estimate of drug-likeness (QED) is 0.763. The van der Waals surface area contributed by atoms with E-state index in [4.69, 9.17) is 9.90 Å². The van der Waals surface area contributed by atoms with E-state index in [-0.39, 0.29) is 11.8 Å². The van der Waals surface area contributed by atoms with Crippen molar-refractivity contribution in [2.75, 3.05) is 24.5 Å². The lowest BCUT2D eigenvalue weighted by molar-refractivity contribution is -0.192. The maximum Gasteiger partial charge on any atom is 0.490 e. The molecule has 12 heteroatoms. The molecule has 9 nitrogen and oxygen atoms in total. The lowest BCUT2D eigenvalue weighted by Crippen LogP contribution is -2.38. The Kier molecular flexibility index (Phi) is 6.00. The number of amides is 2. The smallest absolute Gasteiger partial charge is 0.475 e. The van der Waals surface area contributed by atoms with Gasteiger partial charge in [-0.3, -0.25) is 19.3 Å².